The molecule has 1 unspecified atom stereocenters. The first-order valence-electron chi connectivity index (χ1n) is 8.99. The molecule has 0 saturated heterocycles. The summed E-state index contributed by atoms with van der Waals surface area (Å²) in [6, 6.07) is 18.2. The lowest BCUT2D eigenvalue weighted by molar-refractivity contribution is -0.126. The molecule has 0 aliphatic carbocycles. The first-order valence-corrected chi connectivity index (χ1v) is 8.99. The zero-order valence-corrected chi connectivity index (χ0v) is 14.9. The summed E-state index contributed by atoms with van der Waals surface area (Å²) < 4.78 is 0. The number of fused-ring (bicyclic) bond motifs is 1. The molecule has 0 bridgehead atoms. The van der Waals surface area contributed by atoms with Crippen molar-refractivity contribution in [2.24, 2.45) is 5.73 Å². The largest absolute Gasteiger partial charge is 0.354 e. The van der Waals surface area contributed by atoms with Crippen molar-refractivity contribution in [1.29, 1.82) is 0 Å². The number of nitrogens with zero attached hydrogens (tertiary/aromatic N) is 1. The first-order chi connectivity index (χ1) is 12.1. The average molecular weight is 337 g/mol. The van der Waals surface area contributed by atoms with Gasteiger partial charge in [-0.2, -0.15) is 0 Å². The number of hydrogen-bond donors (Lipinski definition) is 2. The number of rotatable bonds is 6. The molecule has 25 heavy (non-hydrogen) atoms. The molecule has 1 heterocycles. The normalized spacial score (nSPS) is 16.7. The lowest BCUT2D eigenvalue weighted by Gasteiger charge is -2.29. The number of hydrogen-bond acceptors (Lipinski definition) is 3. The molecule has 132 valence electrons. The molecule has 0 fully saturated rings. The zero-order chi connectivity index (χ0) is 17.7. The lowest BCUT2D eigenvalue weighted by atomic mass is 9.92. The van der Waals surface area contributed by atoms with Crippen molar-refractivity contribution in [3.63, 3.8) is 0 Å². The van der Waals surface area contributed by atoms with E-state index in [2.05, 4.69) is 34.5 Å². The van der Waals surface area contributed by atoms with Crippen LogP contribution < -0.4 is 11.1 Å². The van der Waals surface area contributed by atoms with E-state index in [4.69, 9.17) is 5.73 Å². The minimum Gasteiger partial charge on any atom is -0.354 e. The number of amides is 1. The number of nitrogens with two attached hydrogens (primary N) is 1. The minimum atomic E-state index is -0.995. The van der Waals surface area contributed by atoms with Crippen LogP contribution in [0.3, 0.4) is 0 Å². The number of carbonyl (C=O) groups is 1. The summed E-state index contributed by atoms with van der Waals surface area (Å²) in [5, 5.41) is 2.99. The highest BCUT2D eigenvalue weighted by Gasteiger charge is 2.29. The Labute approximate surface area is 150 Å². The summed E-state index contributed by atoms with van der Waals surface area (Å²) in [4.78, 5) is 14.9. The number of nitrogens with one attached hydrogen (secondary N) is 1. The maximum atomic E-state index is 12.4. The molecule has 0 spiro atoms. The van der Waals surface area contributed by atoms with E-state index < -0.39 is 5.54 Å². The van der Waals surface area contributed by atoms with E-state index >= 15 is 0 Å². The number of benzene rings is 2. The number of carbonyl (C=O) groups excluding carboxylic acids is 1. The van der Waals surface area contributed by atoms with Crippen LogP contribution in [-0.2, 0) is 23.3 Å². The van der Waals surface area contributed by atoms with Crippen LogP contribution in [0.1, 0.15) is 30.0 Å². The van der Waals surface area contributed by atoms with Gasteiger partial charge in [0.1, 0.15) is 5.54 Å². The third-order valence-electron chi connectivity index (χ3n) is 4.99. The van der Waals surface area contributed by atoms with Crippen molar-refractivity contribution in [2.45, 2.75) is 31.8 Å². The molecule has 2 aromatic rings. The van der Waals surface area contributed by atoms with Gasteiger partial charge in [-0.15, -0.1) is 0 Å². The Hall–Kier alpha value is -2.17. The predicted octanol–water partition coefficient (Wildman–Crippen LogP) is 2.43. The van der Waals surface area contributed by atoms with Crippen molar-refractivity contribution in [3.05, 3.63) is 71.3 Å². The van der Waals surface area contributed by atoms with Crippen LogP contribution in [0.2, 0.25) is 0 Å². The van der Waals surface area contributed by atoms with E-state index in [0.29, 0.717) is 6.54 Å². The third kappa shape index (κ3) is 4.27. The van der Waals surface area contributed by atoms with Crippen molar-refractivity contribution in [3.8, 4) is 0 Å². The maximum Gasteiger partial charge on any atom is 0.244 e. The van der Waals surface area contributed by atoms with Gasteiger partial charge in [0.15, 0.2) is 0 Å². The predicted molar refractivity (Wildman–Crippen MR) is 101 cm³/mol. The van der Waals surface area contributed by atoms with Crippen molar-refractivity contribution in [1.82, 2.24) is 10.2 Å². The fraction of sp³-hybridized carbons (Fsp3) is 0.381. The fourth-order valence-corrected chi connectivity index (χ4v) is 3.35. The van der Waals surface area contributed by atoms with Crippen LogP contribution in [0, 0.1) is 0 Å². The van der Waals surface area contributed by atoms with Gasteiger partial charge in [-0.05, 0) is 36.5 Å². The second kappa shape index (κ2) is 7.81. The van der Waals surface area contributed by atoms with Gasteiger partial charge in [0.25, 0.3) is 0 Å². The third-order valence-corrected chi connectivity index (χ3v) is 4.99. The molecule has 2 aromatic carbocycles. The van der Waals surface area contributed by atoms with Gasteiger partial charge in [-0.1, -0.05) is 54.6 Å². The van der Waals surface area contributed by atoms with Gasteiger partial charge < -0.3 is 11.1 Å². The standard InChI is InChI=1S/C21H27N3O/c1-21(22,19-10-3-2-4-11-19)20(25)23-13-7-14-24-15-12-17-8-5-6-9-18(17)16-24/h2-6,8-11H,7,12-16,22H2,1H3,(H,23,25). The average Bonchev–Trinajstić information content (AvgIpc) is 2.65. The molecule has 1 atom stereocenters. The minimum absolute atomic E-state index is 0.123. The Morgan fingerprint density at radius 2 is 1.80 bits per heavy atom. The molecule has 0 saturated carbocycles. The molecular weight excluding hydrogens is 310 g/mol. The van der Waals surface area contributed by atoms with Gasteiger partial charge in [0.05, 0.1) is 0 Å². The van der Waals surface area contributed by atoms with Gasteiger partial charge in [-0.25, -0.2) is 0 Å². The highest BCUT2D eigenvalue weighted by Crippen LogP contribution is 2.19. The first kappa shape index (κ1) is 17.6. The second-order valence-electron chi connectivity index (χ2n) is 6.97. The van der Waals surface area contributed by atoms with Crippen molar-refractivity contribution >= 4 is 5.91 Å². The van der Waals surface area contributed by atoms with Crippen LogP contribution >= 0.6 is 0 Å². The molecule has 1 aliphatic heterocycles. The van der Waals surface area contributed by atoms with E-state index in [1.54, 1.807) is 6.92 Å². The Balaban J connectivity index is 1.44. The molecule has 3 rings (SSSR count). The highest BCUT2D eigenvalue weighted by molar-refractivity contribution is 5.86. The fourth-order valence-electron chi connectivity index (χ4n) is 3.35. The van der Waals surface area contributed by atoms with E-state index in [1.165, 1.54) is 11.1 Å². The topological polar surface area (TPSA) is 58.4 Å². The Morgan fingerprint density at radius 3 is 2.56 bits per heavy atom. The molecule has 3 N–H and O–H groups in total. The van der Waals surface area contributed by atoms with E-state index in [-0.39, 0.29) is 5.91 Å². The Kier molecular flexibility index (Phi) is 5.51. The van der Waals surface area contributed by atoms with Crippen molar-refractivity contribution < 1.29 is 4.79 Å². The summed E-state index contributed by atoms with van der Waals surface area (Å²) in [5.74, 6) is -0.123. The van der Waals surface area contributed by atoms with E-state index in [0.717, 1.165) is 38.0 Å². The second-order valence-corrected chi connectivity index (χ2v) is 6.97. The van der Waals surface area contributed by atoms with E-state index in [9.17, 15) is 4.79 Å². The molecule has 0 aromatic heterocycles. The van der Waals surface area contributed by atoms with Gasteiger partial charge >= 0.3 is 0 Å². The summed E-state index contributed by atoms with van der Waals surface area (Å²) >= 11 is 0. The maximum absolute atomic E-state index is 12.4. The Bertz CT molecular complexity index is 712. The van der Waals surface area contributed by atoms with Crippen molar-refractivity contribution in [2.75, 3.05) is 19.6 Å². The summed E-state index contributed by atoms with van der Waals surface area (Å²) in [7, 11) is 0. The molecule has 0 radical (unpaired) electrons. The SMILES string of the molecule is CC(N)(C(=O)NCCCN1CCc2ccccc2C1)c1ccccc1. The zero-order valence-electron chi connectivity index (χ0n) is 14.9. The molecule has 4 heteroatoms. The van der Waals surface area contributed by atoms with E-state index in [1.807, 2.05) is 30.3 Å². The quantitative estimate of drug-likeness (QED) is 0.796. The summed E-state index contributed by atoms with van der Waals surface area (Å²) in [5.41, 5.74) is 8.97. The Morgan fingerprint density at radius 1 is 1.12 bits per heavy atom. The lowest BCUT2D eigenvalue weighted by Crippen LogP contribution is -2.49. The van der Waals surface area contributed by atoms with Crippen LogP contribution in [0.15, 0.2) is 54.6 Å². The van der Waals surface area contributed by atoms with Gasteiger partial charge in [0.2, 0.25) is 5.91 Å². The summed E-state index contributed by atoms with van der Waals surface area (Å²) in [6.07, 6.45) is 2.04. The smallest absolute Gasteiger partial charge is 0.244 e. The molecule has 4 nitrogen and oxygen atoms in total. The van der Waals surface area contributed by atoms with Crippen LogP contribution in [0.25, 0.3) is 0 Å². The van der Waals surface area contributed by atoms with Crippen LogP contribution in [-0.4, -0.2) is 30.4 Å². The van der Waals surface area contributed by atoms with Gasteiger partial charge in [0, 0.05) is 26.2 Å². The summed E-state index contributed by atoms with van der Waals surface area (Å²) in [6.45, 7) is 5.49. The molecule has 1 amide bonds. The molecule has 1 aliphatic rings. The highest BCUT2D eigenvalue weighted by atomic mass is 16.2. The van der Waals surface area contributed by atoms with Crippen LogP contribution in [0.5, 0.6) is 0 Å². The monoisotopic (exact) mass is 337 g/mol. The van der Waals surface area contributed by atoms with Gasteiger partial charge in [-0.3, -0.25) is 9.69 Å². The molecular formula is C21H27N3O. The van der Waals surface area contributed by atoms with Crippen LogP contribution in [0.4, 0.5) is 0 Å².